The van der Waals surface area contributed by atoms with Crippen LogP contribution in [0, 0.1) is 0 Å². The van der Waals surface area contributed by atoms with Gasteiger partial charge >= 0.3 is 0 Å². The standard InChI is InChI=1S/C11H23N3O/c1-8(15)13-9-6-10(2,3)14(12)11(4,5)7-9/h9H,6-7,12H2,1-5H3,(H,13,15). The lowest BCUT2D eigenvalue weighted by Gasteiger charge is -2.52. The molecule has 1 amide bonds. The molecule has 0 radical (unpaired) electrons. The van der Waals surface area contributed by atoms with Crippen molar-refractivity contribution in [2.45, 2.75) is 64.6 Å². The van der Waals surface area contributed by atoms with Crippen molar-refractivity contribution >= 4 is 5.91 Å². The first-order valence-corrected chi connectivity index (χ1v) is 5.47. The highest BCUT2D eigenvalue weighted by Gasteiger charge is 2.43. The average Bonchev–Trinajstić information content (AvgIpc) is 1.97. The monoisotopic (exact) mass is 213 g/mol. The number of carbonyl (C=O) groups excluding carboxylic acids is 1. The van der Waals surface area contributed by atoms with Crippen LogP contribution in [0.4, 0.5) is 0 Å². The first-order chi connectivity index (χ1) is 6.65. The van der Waals surface area contributed by atoms with E-state index in [0.717, 1.165) is 12.8 Å². The minimum absolute atomic E-state index is 0.0390. The topological polar surface area (TPSA) is 58.4 Å². The summed E-state index contributed by atoms with van der Waals surface area (Å²) in [5.74, 6) is 6.14. The Morgan fingerprint density at radius 3 is 2.00 bits per heavy atom. The highest BCUT2D eigenvalue weighted by atomic mass is 16.1. The summed E-state index contributed by atoms with van der Waals surface area (Å²) in [6.07, 6.45) is 1.79. The molecule has 1 aliphatic rings. The van der Waals surface area contributed by atoms with Crippen molar-refractivity contribution < 1.29 is 4.79 Å². The summed E-state index contributed by atoms with van der Waals surface area (Å²) in [6, 6.07) is 0.229. The van der Waals surface area contributed by atoms with Crippen LogP contribution in [0.2, 0.25) is 0 Å². The van der Waals surface area contributed by atoms with Crippen molar-refractivity contribution in [3.8, 4) is 0 Å². The fraction of sp³-hybridized carbons (Fsp3) is 0.909. The largest absolute Gasteiger partial charge is 0.353 e. The van der Waals surface area contributed by atoms with Crippen LogP contribution in [-0.4, -0.2) is 28.0 Å². The molecule has 1 aliphatic heterocycles. The molecule has 0 aliphatic carbocycles. The maximum Gasteiger partial charge on any atom is 0.217 e. The van der Waals surface area contributed by atoms with E-state index >= 15 is 0 Å². The molecule has 0 saturated carbocycles. The number of rotatable bonds is 1. The fourth-order valence-electron chi connectivity index (χ4n) is 2.68. The second kappa shape index (κ2) is 3.76. The van der Waals surface area contributed by atoms with Gasteiger partial charge in [0, 0.05) is 24.0 Å². The number of hydrogen-bond acceptors (Lipinski definition) is 3. The molecule has 0 aromatic carbocycles. The Morgan fingerprint density at radius 1 is 1.27 bits per heavy atom. The van der Waals surface area contributed by atoms with E-state index in [1.54, 1.807) is 6.92 Å². The van der Waals surface area contributed by atoms with Crippen molar-refractivity contribution in [3.05, 3.63) is 0 Å². The second-order valence-corrected chi connectivity index (χ2v) is 5.80. The van der Waals surface area contributed by atoms with E-state index in [-0.39, 0.29) is 23.0 Å². The van der Waals surface area contributed by atoms with Gasteiger partial charge in [0.05, 0.1) is 0 Å². The van der Waals surface area contributed by atoms with Crippen LogP contribution in [0.15, 0.2) is 0 Å². The predicted molar refractivity (Wildman–Crippen MR) is 61.0 cm³/mol. The molecule has 0 bridgehead atoms. The lowest BCUT2D eigenvalue weighted by atomic mass is 9.78. The van der Waals surface area contributed by atoms with E-state index in [0.29, 0.717) is 0 Å². The maximum absolute atomic E-state index is 11.1. The van der Waals surface area contributed by atoms with Crippen LogP contribution in [0.3, 0.4) is 0 Å². The smallest absolute Gasteiger partial charge is 0.217 e. The van der Waals surface area contributed by atoms with E-state index in [1.807, 2.05) is 5.01 Å². The van der Waals surface area contributed by atoms with Gasteiger partial charge in [-0.25, -0.2) is 5.01 Å². The molecule has 3 N–H and O–H groups in total. The third-order valence-corrected chi connectivity index (χ3v) is 3.20. The van der Waals surface area contributed by atoms with Crippen LogP contribution in [0.25, 0.3) is 0 Å². The minimum Gasteiger partial charge on any atom is -0.353 e. The third kappa shape index (κ3) is 2.69. The van der Waals surface area contributed by atoms with Crippen LogP contribution in [0.5, 0.6) is 0 Å². The van der Waals surface area contributed by atoms with Crippen molar-refractivity contribution in [1.29, 1.82) is 0 Å². The number of nitrogens with zero attached hydrogens (tertiary/aromatic N) is 1. The van der Waals surface area contributed by atoms with Gasteiger partial charge in [-0.3, -0.25) is 10.6 Å². The van der Waals surface area contributed by atoms with E-state index in [4.69, 9.17) is 5.84 Å². The Balaban J connectivity index is 2.79. The molecule has 0 unspecified atom stereocenters. The summed E-state index contributed by atoms with van der Waals surface area (Å²) in [5.41, 5.74) is -0.149. The summed E-state index contributed by atoms with van der Waals surface area (Å²) >= 11 is 0. The number of carbonyl (C=O) groups is 1. The second-order valence-electron chi connectivity index (χ2n) is 5.80. The Morgan fingerprint density at radius 2 is 1.67 bits per heavy atom. The summed E-state index contributed by atoms with van der Waals surface area (Å²) in [7, 11) is 0. The van der Waals surface area contributed by atoms with Gasteiger partial charge in [-0.1, -0.05) is 0 Å². The lowest BCUT2D eigenvalue weighted by Crippen LogP contribution is -2.66. The quantitative estimate of drug-likeness (QED) is 0.639. The molecule has 1 fully saturated rings. The normalized spacial score (nSPS) is 26.3. The van der Waals surface area contributed by atoms with Gasteiger partial charge < -0.3 is 5.32 Å². The number of nitrogens with one attached hydrogen (secondary N) is 1. The fourth-order valence-corrected chi connectivity index (χ4v) is 2.68. The molecule has 4 heteroatoms. The number of nitrogens with two attached hydrogens (primary N) is 1. The molecule has 0 aromatic heterocycles. The maximum atomic E-state index is 11.1. The van der Waals surface area contributed by atoms with Crippen LogP contribution >= 0.6 is 0 Å². The highest BCUT2D eigenvalue weighted by molar-refractivity contribution is 5.73. The third-order valence-electron chi connectivity index (χ3n) is 3.20. The van der Waals surface area contributed by atoms with Crippen molar-refractivity contribution in [1.82, 2.24) is 10.3 Å². The SMILES string of the molecule is CC(=O)NC1CC(C)(C)N(N)C(C)(C)C1. The van der Waals surface area contributed by atoms with E-state index in [9.17, 15) is 4.79 Å². The molecule has 88 valence electrons. The van der Waals surface area contributed by atoms with Gasteiger partial charge in [0.15, 0.2) is 0 Å². The van der Waals surface area contributed by atoms with Crippen LogP contribution < -0.4 is 11.2 Å². The molecular formula is C11H23N3O. The van der Waals surface area contributed by atoms with Crippen LogP contribution in [0.1, 0.15) is 47.5 Å². The summed E-state index contributed by atoms with van der Waals surface area (Å²) in [6.45, 7) is 10.0. The summed E-state index contributed by atoms with van der Waals surface area (Å²) < 4.78 is 0. The molecule has 0 aromatic rings. The number of hydrazine groups is 1. The van der Waals surface area contributed by atoms with Crippen LogP contribution in [-0.2, 0) is 4.79 Å². The zero-order chi connectivity index (χ0) is 11.9. The predicted octanol–water partition coefficient (Wildman–Crippen LogP) is 1.02. The number of piperidine rings is 1. The Labute approximate surface area is 92.2 Å². The molecule has 0 spiro atoms. The van der Waals surface area contributed by atoms with Gasteiger partial charge in [-0.2, -0.15) is 0 Å². The van der Waals surface area contributed by atoms with Gasteiger partial charge in [-0.05, 0) is 40.5 Å². The molecular weight excluding hydrogens is 190 g/mol. The van der Waals surface area contributed by atoms with Crippen molar-refractivity contribution in [3.63, 3.8) is 0 Å². The summed E-state index contributed by atoms with van der Waals surface area (Å²) in [4.78, 5) is 11.1. The van der Waals surface area contributed by atoms with Crippen molar-refractivity contribution in [2.24, 2.45) is 5.84 Å². The molecule has 1 saturated heterocycles. The Hall–Kier alpha value is -0.610. The van der Waals surface area contributed by atoms with Crippen molar-refractivity contribution in [2.75, 3.05) is 0 Å². The highest BCUT2D eigenvalue weighted by Crippen LogP contribution is 2.35. The molecule has 1 heterocycles. The molecule has 4 nitrogen and oxygen atoms in total. The Kier molecular flexibility index (Phi) is 3.12. The van der Waals surface area contributed by atoms with Gasteiger partial charge in [-0.15, -0.1) is 0 Å². The zero-order valence-electron chi connectivity index (χ0n) is 10.4. The molecule has 0 atom stereocenters. The number of amides is 1. The minimum atomic E-state index is -0.0745. The first kappa shape index (κ1) is 12.5. The summed E-state index contributed by atoms with van der Waals surface area (Å²) in [5, 5.41) is 4.91. The Bertz CT molecular complexity index is 243. The molecule has 1 rings (SSSR count). The molecule has 15 heavy (non-hydrogen) atoms. The van der Waals surface area contributed by atoms with E-state index < -0.39 is 0 Å². The van der Waals surface area contributed by atoms with E-state index in [1.165, 1.54) is 0 Å². The van der Waals surface area contributed by atoms with Gasteiger partial charge in [0.25, 0.3) is 0 Å². The average molecular weight is 213 g/mol. The lowest BCUT2D eigenvalue weighted by molar-refractivity contribution is -0.121. The van der Waals surface area contributed by atoms with Gasteiger partial charge in [0.2, 0.25) is 5.91 Å². The van der Waals surface area contributed by atoms with Gasteiger partial charge in [0.1, 0.15) is 0 Å². The zero-order valence-corrected chi connectivity index (χ0v) is 10.4. The first-order valence-electron chi connectivity index (χ1n) is 5.47. The number of hydrogen-bond donors (Lipinski definition) is 2. The van der Waals surface area contributed by atoms with E-state index in [2.05, 4.69) is 33.0 Å².